The van der Waals surface area contributed by atoms with Gasteiger partial charge in [-0.2, -0.15) is 0 Å². The number of carbonyl (C=O) groups is 7. The van der Waals surface area contributed by atoms with Crippen LogP contribution < -0.4 is 26.0 Å². The summed E-state index contributed by atoms with van der Waals surface area (Å²) in [4.78, 5) is 88.5. The summed E-state index contributed by atoms with van der Waals surface area (Å²) in [5.74, 6) is 1.38. The second-order valence-corrected chi connectivity index (χ2v) is 21.0. The van der Waals surface area contributed by atoms with Gasteiger partial charge in [0.1, 0.15) is 41.5 Å². The molecule has 4 rings (SSSR count). The molecule has 0 aliphatic heterocycles. The lowest BCUT2D eigenvalue weighted by atomic mass is 9.55. The molecule has 2 fully saturated rings. The van der Waals surface area contributed by atoms with Gasteiger partial charge in [0.25, 0.3) is 0 Å². The minimum atomic E-state index is -0.742. The monoisotopic (exact) mass is 951 g/mol. The zero-order valence-corrected chi connectivity index (χ0v) is 42.8. The van der Waals surface area contributed by atoms with Crippen molar-refractivity contribution in [3.05, 3.63) is 29.3 Å². The van der Waals surface area contributed by atoms with E-state index in [4.69, 9.17) is 14.2 Å². The number of hydrogen-bond donors (Lipinski definition) is 4. The van der Waals surface area contributed by atoms with Crippen molar-refractivity contribution in [1.29, 1.82) is 0 Å². The van der Waals surface area contributed by atoms with Crippen molar-refractivity contribution in [2.45, 2.75) is 207 Å². The fraction of sp³-hybridized carbons (Fsp3) is 0.759. The Bertz CT molecular complexity index is 1830. The van der Waals surface area contributed by atoms with Crippen LogP contribution in [-0.4, -0.2) is 92.3 Å². The second-order valence-electron chi connectivity index (χ2n) is 21.0. The third-order valence-corrected chi connectivity index (χ3v) is 14.7. The van der Waals surface area contributed by atoms with Crippen molar-refractivity contribution in [3.63, 3.8) is 0 Å². The molecule has 2 saturated carbocycles. The van der Waals surface area contributed by atoms with E-state index in [9.17, 15) is 33.6 Å². The van der Waals surface area contributed by atoms with Gasteiger partial charge in [-0.05, 0) is 170 Å². The summed E-state index contributed by atoms with van der Waals surface area (Å²) in [7, 11) is 1.79. The van der Waals surface area contributed by atoms with Crippen LogP contribution in [-0.2, 0) is 49.5 Å². The van der Waals surface area contributed by atoms with Gasteiger partial charge in [0.2, 0.25) is 11.8 Å². The smallest absolute Gasteiger partial charge is 0.328 e. The topological polar surface area (TPSA) is 195 Å². The summed E-state index contributed by atoms with van der Waals surface area (Å²) < 4.78 is 17.5. The average molecular weight is 951 g/mol. The fourth-order valence-electron chi connectivity index (χ4n) is 11.0. The number of aryl methyl sites for hydroxylation is 1. The highest BCUT2D eigenvalue weighted by molar-refractivity contribution is 5.85. The molecule has 4 N–H and O–H groups in total. The number of likely N-dealkylation sites (N-methyl/N-ethyl adjacent to an activating group) is 1. The van der Waals surface area contributed by atoms with Crippen LogP contribution in [0.15, 0.2) is 18.2 Å². The van der Waals surface area contributed by atoms with Crippen molar-refractivity contribution in [2.75, 3.05) is 26.7 Å². The first kappa shape index (κ1) is 56.4. The molecule has 8 atom stereocenters. The van der Waals surface area contributed by atoms with Gasteiger partial charge in [-0.3, -0.25) is 19.2 Å². The maximum Gasteiger partial charge on any atom is 0.328 e. The van der Waals surface area contributed by atoms with Crippen LogP contribution in [0.1, 0.15) is 188 Å². The standard InChI is InChI=1S/C54H86N4O10/c1-9-66-51(63)45(18-14-15-30-57-49(61)19-12-10-16-37(6)59)56-31-28-39(60)17-11-13-20-50(62)58-47(33-36(4)5)53(65)68-48-26-25-44-43-23-21-38-34-40(67-52(64)46(55-8)32-35(2)3)22-24-41(38)42(43)27-29-54(44,48)7/h22,24,34-36,42-48,55-56H,9-21,23,25-33H2,1-8H3,(H,57,61)(H,58,62)/t42?,43?,44?,45?,46?,47?,48-,54-/m0/s1. The Kier molecular flexibility index (Phi) is 23.6. The van der Waals surface area contributed by atoms with Crippen molar-refractivity contribution < 1.29 is 47.8 Å². The lowest BCUT2D eigenvalue weighted by molar-refractivity contribution is -0.161. The number of amides is 2. The molecular weight excluding hydrogens is 865 g/mol. The number of nitrogens with one attached hydrogen (secondary N) is 4. The number of Topliss-reactive ketones (excluding diaryl/α,β-unsaturated/α-hetero) is 2. The number of fused-ring (bicyclic) bond motifs is 5. The lowest BCUT2D eigenvalue weighted by Crippen LogP contribution is -2.48. The number of ketones is 2. The van der Waals surface area contributed by atoms with Crippen LogP contribution >= 0.6 is 0 Å². The van der Waals surface area contributed by atoms with Crippen molar-refractivity contribution >= 4 is 41.3 Å². The third kappa shape index (κ3) is 17.7. The number of ether oxygens (including phenoxy) is 3. The predicted molar refractivity (Wildman–Crippen MR) is 263 cm³/mol. The van der Waals surface area contributed by atoms with Gasteiger partial charge in [-0.25, -0.2) is 9.59 Å². The Morgan fingerprint density at radius 1 is 0.735 bits per heavy atom. The van der Waals surface area contributed by atoms with Crippen LogP contribution in [0.3, 0.4) is 0 Å². The molecule has 1 aromatic carbocycles. The highest BCUT2D eigenvalue weighted by atomic mass is 16.5. The van der Waals surface area contributed by atoms with E-state index in [2.05, 4.69) is 54.2 Å². The number of hydrogen-bond acceptors (Lipinski definition) is 12. The molecule has 0 saturated heterocycles. The average Bonchev–Trinajstić information content (AvgIpc) is 3.62. The van der Waals surface area contributed by atoms with Gasteiger partial charge < -0.3 is 40.3 Å². The summed E-state index contributed by atoms with van der Waals surface area (Å²) in [6.07, 6.45) is 12.7. The summed E-state index contributed by atoms with van der Waals surface area (Å²) in [5.41, 5.74) is 2.48. The first-order valence-electron chi connectivity index (χ1n) is 26.1. The number of esters is 3. The molecule has 3 aliphatic rings. The third-order valence-electron chi connectivity index (χ3n) is 14.7. The van der Waals surface area contributed by atoms with Gasteiger partial charge in [0.15, 0.2) is 0 Å². The summed E-state index contributed by atoms with van der Waals surface area (Å²) in [6, 6.07) is 4.54. The maximum atomic E-state index is 13.9. The highest BCUT2D eigenvalue weighted by Crippen LogP contribution is 2.61. The van der Waals surface area contributed by atoms with Crippen LogP contribution in [0.25, 0.3) is 0 Å². The van der Waals surface area contributed by atoms with E-state index < -0.39 is 12.1 Å². The molecule has 0 aromatic heterocycles. The molecule has 0 bridgehead atoms. The number of carbonyl (C=O) groups excluding carboxylic acids is 7. The summed E-state index contributed by atoms with van der Waals surface area (Å²) in [6.45, 7) is 14.9. The summed E-state index contributed by atoms with van der Waals surface area (Å²) >= 11 is 0. The lowest BCUT2D eigenvalue weighted by Gasteiger charge is -2.50. The molecule has 1 aromatic rings. The van der Waals surface area contributed by atoms with Crippen LogP contribution in [0, 0.1) is 29.1 Å². The molecule has 0 radical (unpaired) electrons. The number of rotatable bonds is 31. The van der Waals surface area contributed by atoms with E-state index >= 15 is 0 Å². The number of benzene rings is 1. The fourth-order valence-corrected chi connectivity index (χ4v) is 11.0. The largest absolute Gasteiger partial charge is 0.465 e. The van der Waals surface area contributed by atoms with E-state index in [1.165, 1.54) is 11.1 Å². The zero-order valence-electron chi connectivity index (χ0n) is 42.8. The van der Waals surface area contributed by atoms with Gasteiger partial charge in [0, 0.05) is 50.6 Å². The number of unbranched alkanes of at least 4 members (excludes halogenated alkanes) is 3. The first-order chi connectivity index (χ1) is 32.4. The van der Waals surface area contributed by atoms with Crippen molar-refractivity contribution in [1.82, 2.24) is 21.3 Å². The minimum absolute atomic E-state index is 0.0370. The molecule has 6 unspecified atom stereocenters. The van der Waals surface area contributed by atoms with Gasteiger partial charge in [-0.1, -0.05) is 40.7 Å². The molecule has 2 amide bonds. The molecular formula is C54H86N4O10. The van der Waals surface area contributed by atoms with Crippen LogP contribution in [0.2, 0.25) is 0 Å². The maximum absolute atomic E-state index is 13.9. The molecule has 0 heterocycles. The Morgan fingerprint density at radius 3 is 2.12 bits per heavy atom. The quantitative estimate of drug-likeness (QED) is 0.0319. The Hall–Kier alpha value is -4.17. The molecule has 3 aliphatic carbocycles. The van der Waals surface area contributed by atoms with E-state index in [0.717, 1.165) is 38.5 Å². The summed E-state index contributed by atoms with van der Waals surface area (Å²) in [5, 5.41) is 12.1. The van der Waals surface area contributed by atoms with Gasteiger partial charge in [0.05, 0.1) is 6.61 Å². The van der Waals surface area contributed by atoms with Crippen molar-refractivity contribution in [3.8, 4) is 5.75 Å². The Labute approximate surface area is 407 Å². The molecule has 14 heteroatoms. The van der Waals surface area contributed by atoms with E-state index in [0.29, 0.717) is 120 Å². The predicted octanol–water partition coefficient (Wildman–Crippen LogP) is 8.00. The molecule has 68 heavy (non-hydrogen) atoms. The van der Waals surface area contributed by atoms with Crippen LogP contribution in [0.5, 0.6) is 5.75 Å². The molecule has 0 spiro atoms. The normalized spacial score (nSPS) is 22.0. The van der Waals surface area contributed by atoms with E-state index in [1.807, 2.05) is 19.9 Å². The SMILES string of the molecule is CCOC(=O)C(CCCCNC(=O)CCCCC(C)=O)NCCC(=O)CCCCC(=O)NC(CC(C)C)C(=O)O[C@H]1CCC2C3CCc4cc(OC(=O)C(CC(C)C)NC)ccc4C3CC[C@@]21C. The second kappa shape index (κ2) is 28.5. The zero-order chi connectivity index (χ0) is 49.8. The Balaban J connectivity index is 1.18. The minimum Gasteiger partial charge on any atom is -0.465 e. The Morgan fingerprint density at radius 2 is 1.43 bits per heavy atom. The molecule has 382 valence electrons. The highest BCUT2D eigenvalue weighted by Gasteiger charge is 2.56. The molecule has 14 nitrogen and oxygen atoms in total. The van der Waals surface area contributed by atoms with Crippen LogP contribution in [0.4, 0.5) is 0 Å². The van der Waals surface area contributed by atoms with Crippen molar-refractivity contribution in [2.24, 2.45) is 29.1 Å². The van der Waals surface area contributed by atoms with Gasteiger partial charge in [-0.15, -0.1) is 0 Å². The van der Waals surface area contributed by atoms with E-state index in [1.54, 1.807) is 20.9 Å². The van der Waals surface area contributed by atoms with E-state index in [-0.39, 0.29) is 84.2 Å². The van der Waals surface area contributed by atoms with Gasteiger partial charge >= 0.3 is 17.9 Å². The first-order valence-corrected chi connectivity index (χ1v) is 26.1.